The van der Waals surface area contributed by atoms with E-state index >= 15 is 0 Å². The second kappa shape index (κ2) is 6.32. The number of amides is 1. The molecule has 0 radical (unpaired) electrons. The Bertz CT molecular complexity index is 803. The van der Waals surface area contributed by atoms with Crippen LogP contribution in [0.4, 0.5) is 0 Å². The predicted octanol–water partition coefficient (Wildman–Crippen LogP) is 3.92. The van der Waals surface area contributed by atoms with E-state index in [4.69, 9.17) is 0 Å². The Morgan fingerprint density at radius 2 is 2.14 bits per heavy atom. The minimum atomic E-state index is -0.108. The molecule has 1 N–H and O–H groups in total. The maximum Gasteiger partial charge on any atom is 0.270 e. The molecule has 0 aliphatic carbocycles. The molecular formula is C17H19N3OS. The molecule has 0 aliphatic rings. The van der Waals surface area contributed by atoms with E-state index in [-0.39, 0.29) is 5.91 Å². The summed E-state index contributed by atoms with van der Waals surface area (Å²) in [4.78, 5) is 16.4. The molecule has 3 aromatic rings. The SMILES string of the molecule is CCCn1c(-c2nc(C(=O)NCC)cs2)cc2ccccc21. The van der Waals surface area contributed by atoms with Crippen molar-refractivity contribution in [1.29, 1.82) is 0 Å². The van der Waals surface area contributed by atoms with Crippen molar-refractivity contribution in [1.82, 2.24) is 14.9 Å². The highest BCUT2D eigenvalue weighted by atomic mass is 32.1. The van der Waals surface area contributed by atoms with Crippen LogP contribution in [-0.2, 0) is 6.54 Å². The molecule has 0 unspecified atom stereocenters. The third-order valence-corrected chi connectivity index (χ3v) is 4.42. The van der Waals surface area contributed by atoms with Crippen molar-refractivity contribution < 1.29 is 4.79 Å². The average Bonchev–Trinajstić information content (AvgIpc) is 3.13. The summed E-state index contributed by atoms with van der Waals surface area (Å²) < 4.78 is 2.29. The van der Waals surface area contributed by atoms with Crippen molar-refractivity contribution in [3.8, 4) is 10.7 Å². The summed E-state index contributed by atoms with van der Waals surface area (Å²) in [6.45, 7) is 5.63. The number of hydrogen-bond donors (Lipinski definition) is 1. The van der Waals surface area contributed by atoms with Gasteiger partial charge in [0, 0.05) is 29.4 Å². The van der Waals surface area contributed by atoms with Gasteiger partial charge in [-0.3, -0.25) is 4.79 Å². The van der Waals surface area contributed by atoms with Gasteiger partial charge in [0.2, 0.25) is 0 Å². The third kappa shape index (κ3) is 2.64. The smallest absolute Gasteiger partial charge is 0.270 e. The average molecular weight is 313 g/mol. The Kier molecular flexibility index (Phi) is 4.24. The van der Waals surface area contributed by atoms with Crippen molar-refractivity contribution in [3.05, 3.63) is 41.4 Å². The summed E-state index contributed by atoms with van der Waals surface area (Å²) in [6.07, 6.45) is 1.06. The first-order valence-corrected chi connectivity index (χ1v) is 8.45. The molecule has 1 aromatic carbocycles. The highest BCUT2D eigenvalue weighted by Gasteiger charge is 2.15. The number of para-hydroxylation sites is 1. The van der Waals surface area contributed by atoms with Crippen LogP contribution in [0, 0.1) is 0 Å². The van der Waals surface area contributed by atoms with Crippen molar-refractivity contribution in [2.75, 3.05) is 6.54 Å². The minimum absolute atomic E-state index is 0.108. The molecule has 2 heterocycles. The fourth-order valence-corrected chi connectivity index (χ4v) is 3.42. The van der Waals surface area contributed by atoms with Gasteiger partial charge in [-0.05, 0) is 25.5 Å². The Morgan fingerprint density at radius 3 is 2.91 bits per heavy atom. The van der Waals surface area contributed by atoms with E-state index in [9.17, 15) is 4.79 Å². The molecule has 0 aliphatic heterocycles. The normalized spacial score (nSPS) is 11.0. The van der Waals surface area contributed by atoms with Crippen LogP contribution in [0.3, 0.4) is 0 Å². The van der Waals surface area contributed by atoms with E-state index in [0.717, 1.165) is 23.7 Å². The predicted molar refractivity (Wildman–Crippen MR) is 91.3 cm³/mol. The van der Waals surface area contributed by atoms with Gasteiger partial charge >= 0.3 is 0 Å². The summed E-state index contributed by atoms with van der Waals surface area (Å²) >= 11 is 1.52. The molecule has 114 valence electrons. The maximum absolute atomic E-state index is 11.9. The lowest BCUT2D eigenvalue weighted by Crippen LogP contribution is -2.22. The van der Waals surface area contributed by atoms with Crippen LogP contribution in [0.1, 0.15) is 30.8 Å². The van der Waals surface area contributed by atoms with Crippen LogP contribution >= 0.6 is 11.3 Å². The number of aromatic nitrogens is 2. The van der Waals surface area contributed by atoms with Gasteiger partial charge in [0.1, 0.15) is 10.7 Å². The van der Waals surface area contributed by atoms with Gasteiger partial charge in [-0.15, -0.1) is 11.3 Å². The molecule has 22 heavy (non-hydrogen) atoms. The molecule has 0 fully saturated rings. The zero-order valence-electron chi connectivity index (χ0n) is 12.8. The van der Waals surface area contributed by atoms with E-state index in [0.29, 0.717) is 12.2 Å². The molecular weight excluding hydrogens is 294 g/mol. The summed E-state index contributed by atoms with van der Waals surface area (Å²) in [6, 6.07) is 10.5. The quantitative estimate of drug-likeness (QED) is 0.776. The summed E-state index contributed by atoms with van der Waals surface area (Å²) in [5.74, 6) is -0.108. The molecule has 0 saturated heterocycles. The molecule has 0 saturated carbocycles. The number of aryl methyl sites for hydroxylation is 1. The fourth-order valence-electron chi connectivity index (χ4n) is 2.60. The number of fused-ring (bicyclic) bond motifs is 1. The highest BCUT2D eigenvalue weighted by molar-refractivity contribution is 7.13. The molecule has 3 rings (SSSR count). The van der Waals surface area contributed by atoms with Gasteiger partial charge in [-0.25, -0.2) is 4.98 Å². The molecule has 2 aromatic heterocycles. The monoisotopic (exact) mass is 313 g/mol. The Balaban J connectivity index is 2.06. The number of hydrogen-bond acceptors (Lipinski definition) is 3. The lowest BCUT2D eigenvalue weighted by Gasteiger charge is -2.07. The van der Waals surface area contributed by atoms with E-state index < -0.39 is 0 Å². The van der Waals surface area contributed by atoms with Gasteiger partial charge in [0.15, 0.2) is 0 Å². The van der Waals surface area contributed by atoms with Gasteiger partial charge in [-0.2, -0.15) is 0 Å². The standard InChI is InChI=1S/C17H19N3OS/c1-3-9-20-14-8-6-5-7-12(14)10-15(20)17-19-13(11-22-17)16(21)18-4-2/h5-8,10-11H,3-4,9H2,1-2H3,(H,18,21). The number of rotatable bonds is 5. The number of carbonyl (C=O) groups excluding carboxylic acids is 1. The van der Waals surface area contributed by atoms with Crippen LogP contribution in [-0.4, -0.2) is 22.0 Å². The van der Waals surface area contributed by atoms with Crippen LogP contribution < -0.4 is 5.32 Å². The van der Waals surface area contributed by atoms with Crippen LogP contribution in [0.5, 0.6) is 0 Å². The fraction of sp³-hybridized carbons (Fsp3) is 0.294. The van der Waals surface area contributed by atoms with Crippen LogP contribution in [0.15, 0.2) is 35.7 Å². The first kappa shape index (κ1) is 14.8. The summed E-state index contributed by atoms with van der Waals surface area (Å²) in [5.41, 5.74) is 2.80. The van der Waals surface area contributed by atoms with E-state index in [1.54, 1.807) is 0 Å². The van der Waals surface area contributed by atoms with E-state index in [1.807, 2.05) is 18.4 Å². The second-order valence-electron chi connectivity index (χ2n) is 5.14. The number of nitrogens with one attached hydrogen (secondary N) is 1. The van der Waals surface area contributed by atoms with Crippen molar-refractivity contribution in [2.45, 2.75) is 26.8 Å². The highest BCUT2D eigenvalue weighted by Crippen LogP contribution is 2.30. The van der Waals surface area contributed by atoms with Gasteiger partial charge in [0.05, 0.1) is 5.69 Å². The van der Waals surface area contributed by atoms with E-state index in [1.165, 1.54) is 22.2 Å². The first-order valence-electron chi connectivity index (χ1n) is 7.57. The maximum atomic E-state index is 11.9. The number of thiazole rings is 1. The number of nitrogens with zero attached hydrogens (tertiary/aromatic N) is 2. The Hall–Kier alpha value is -2.14. The summed E-state index contributed by atoms with van der Waals surface area (Å²) in [5, 5.41) is 6.72. The van der Waals surface area contributed by atoms with Crippen molar-refractivity contribution >= 4 is 28.1 Å². The molecule has 0 bridgehead atoms. The Labute approximate surface area is 133 Å². The second-order valence-corrected chi connectivity index (χ2v) is 6.00. The first-order chi connectivity index (χ1) is 10.7. The third-order valence-electron chi connectivity index (χ3n) is 3.55. The van der Waals surface area contributed by atoms with Gasteiger partial charge in [-0.1, -0.05) is 25.1 Å². The molecule has 5 heteroatoms. The topological polar surface area (TPSA) is 46.9 Å². The molecule has 4 nitrogen and oxygen atoms in total. The molecule has 0 atom stereocenters. The molecule has 1 amide bonds. The largest absolute Gasteiger partial charge is 0.351 e. The van der Waals surface area contributed by atoms with Crippen LogP contribution in [0.2, 0.25) is 0 Å². The van der Waals surface area contributed by atoms with Gasteiger partial charge in [0.25, 0.3) is 5.91 Å². The minimum Gasteiger partial charge on any atom is -0.351 e. The number of benzene rings is 1. The van der Waals surface area contributed by atoms with Crippen molar-refractivity contribution in [3.63, 3.8) is 0 Å². The summed E-state index contributed by atoms with van der Waals surface area (Å²) in [7, 11) is 0. The Morgan fingerprint density at radius 1 is 1.32 bits per heavy atom. The van der Waals surface area contributed by atoms with Gasteiger partial charge < -0.3 is 9.88 Å². The van der Waals surface area contributed by atoms with Crippen molar-refractivity contribution in [2.24, 2.45) is 0 Å². The van der Waals surface area contributed by atoms with E-state index in [2.05, 4.69) is 46.1 Å². The van der Waals surface area contributed by atoms with Crippen LogP contribution in [0.25, 0.3) is 21.6 Å². The molecule has 0 spiro atoms. The number of carbonyl (C=O) groups is 1. The zero-order chi connectivity index (χ0) is 15.5. The lowest BCUT2D eigenvalue weighted by atomic mass is 10.2. The lowest BCUT2D eigenvalue weighted by molar-refractivity contribution is 0.0951. The zero-order valence-corrected chi connectivity index (χ0v) is 13.6.